The lowest BCUT2D eigenvalue weighted by atomic mass is 10.1. The summed E-state index contributed by atoms with van der Waals surface area (Å²) in [5, 5.41) is 7.12. The number of fused-ring (bicyclic) bond motifs is 1. The number of amides is 1. The van der Waals surface area contributed by atoms with Crippen molar-refractivity contribution >= 4 is 11.9 Å². The van der Waals surface area contributed by atoms with E-state index in [1.54, 1.807) is 12.1 Å². The predicted molar refractivity (Wildman–Crippen MR) is 100 cm³/mol. The second kappa shape index (κ2) is 9.92. The summed E-state index contributed by atoms with van der Waals surface area (Å²) in [6.07, 6.45) is -2.46. The van der Waals surface area contributed by atoms with Crippen molar-refractivity contribution in [2.24, 2.45) is 0 Å². The molecule has 0 aromatic heterocycles. The fourth-order valence-electron chi connectivity index (χ4n) is 3.98. The molecular weight excluding hydrogens is 424 g/mol. The van der Waals surface area contributed by atoms with Gasteiger partial charge in [-0.15, -0.1) is 0 Å². The highest BCUT2D eigenvalue weighted by Gasteiger charge is 2.42. The molecule has 4 rings (SSSR count). The van der Waals surface area contributed by atoms with Crippen molar-refractivity contribution in [3.05, 3.63) is 35.6 Å². The van der Waals surface area contributed by atoms with E-state index in [1.165, 1.54) is 12.1 Å². The first-order valence-corrected chi connectivity index (χ1v) is 9.97. The van der Waals surface area contributed by atoms with Crippen LogP contribution in [-0.4, -0.2) is 90.6 Å². The van der Waals surface area contributed by atoms with Gasteiger partial charge >= 0.3 is 12.1 Å². The van der Waals surface area contributed by atoms with Crippen LogP contribution in [0.2, 0.25) is 0 Å². The molecule has 11 heteroatoms. The number of halogens is 4. The predicted octanol–water partition coefficient (Wildman–Crippen LogP) is 2.16. The van der Waals surface area contributed by atoms with Crippen LogP contribution in [0.4, 0.5) is 17.6 Å². The Bertz CT molecular complexity index is 768. The van der Waals surface area contributed by atoms with Crippen LogP contribution in [0.3, 0.4) is 0 Å². The molecule has 3 aliphatic heterocycles. The molecule has 0 bridgehead atoms. The molecule has 1 aromatic carbocycles. The summed E-state index contributed by atoms with van der Waals surface area (Å²) in [6, 6.07) is 5.98. The second-order valence-corrected chi connectivity index (χ2v) is 7.63. The minimum atomic E-state index is -5.08. The smallest absolute Gasteiger partial charge is 0.475 e. The summed E-state index contributed by atoms with van der Waals surface area (Å²) in [5.74, 6) is -3.13. The van der Waals surface area contributed by atoms with Crippen LogP contribution < -0.4 is 0 Å². The van der Waals surface area contributed by atoms with E-state index in [0.29, 0.717) is 31.4 Å². The number of aliphatic carboxylic acids is 1. The molecule has 172 valence electrons. The quantitative estimate of drug-likeness (QED) is 0.715. The average Bonchev–Trinajstić information content (AvgIpc) is 3.38. The third-order valence-electron chi connectivity index (χ3n) is 5.50. The van der Waals surface area contributed by atoms with E-state index in [9.17, 15) is 22.4 Å². The van der Waals surface area contributed by atoms with Gasteiger partial charge in [-0.1, -0.05) is 0 Å². The van der Waals surface area contributed by atoms with Gasteiger partial charge in [0, 0.05) is 38.3 Å². The van der Waals surface area contributed by atoms with Crippen molar-refractivity contribution < 1.29 is 41.7 Å². The van der Waals surface area contributed by atoms with Crippen LogP contribution >= 0.6 is 0 Å². The molecule has 7 nitrogen and oxygen atoms in total. The Morgan fingerprint density at radius 3 is 2.35 bits per heavy atom. The first-order chi connectivity index (χ1) is 14.6. The summed E-state index contributed by atoms with van der Waals surface area (Å²) < 4.78 is 56.4. The summed E-state index contributed by atoms with van der Waals surface area (Å²) in [6.45, 7) is 4.63. The van der Waals surface area contributed by atoms with Gasteiger partial charge in [-0.05, 0) is 37.1 Å². The Balaban J connectivity index is 0.000000339. The van der Waals surface area contributed by atoms with Gasteiger partial charge in [0.2, 0.25) is 0 Å². The number of nitrogens with zero attached hydrogens (tertiary/aromatic N) is 2. The Hall–Kier alpha value is -2.24. The molecule has 0 saturated carbocycles. The molecule has 0 spiro atoms. The zero-order valence-corrected chi connectivity index (χ0v) is 16.7. The van der Waals surface area contributed by atoms with E-state index in [2.05, 4.69) is 4.90 Å². The summed E-state index contributed by atoms with van der Waals surface area (Å²) in [7, 11) is 0. The molecule has 3 aliphatic rings. The first kappa shape index (κ1) is 23.4. The molecule has 3 heterocycles. The van der Waals surface area contributed by atoms with Gasteiger partial charge in [-0.25, -0.2) is 9.18 Å². The fourth-order valence-corrected chi connectivity index (χ4v) is 3.98. The van der Waals surface area contributed by atoms with Crippen molar-refractivity contribution in [1.29, 1.82) is 0 Å². The lowest BCUT2D eigenvalue weighted by Crippen LogP contribution is -2.52. The maximum Gasteiger partial charge on any atom is 0.490 e. The molecular formula is C20H24F4N2O5. The standard InChI is InChI=1S/C18H23FN2O3.C2HF3O2/c19-14-5-3-13(4-6-14)18(22)21-11-16-17(12-21)24-9-7-20(16)10-15-2-1-8-23-15;3-2(4,5)1(6)7/h3-6,15-17H,1-2,7-12H2;(H,6,7)/t15?,16-,17+;/m1./s1. The number of ether oxygens (including phenoxy) is 2. The van der Waals surface area contributed by atoms with Crippen molar-refractivity contribution in [2.45, 2.75) is 37.3 Å². The van der Waals surface area contributed by atoms with Crippen LogP contribution in [0.1, 0.15) is 23.2 Å². The number of hydrogen-bond acceptors (Lipinski definition) is 5. The monoisotopic (exact) mass is 448 g/mol. The molecule has 31 heavy (non-hydrogen) atoms. The van der Waals surface area contributed by atoms with Crippen LogP contribution in [0, 0.1) is 5.82 Å². The van der Waals surface area contributed by atoms with Gasteiger partial charge in [0.1, 0.15) is 5.82 Å². The molecule has 0 aliphatic carbocycles. The number of carboxylic acids is 1. The van der Waals surface area contributed by atoms with E-state index < -0.39 is 12.1 Å². The lowest BCUT2D eigenvalue weighted by molar-refractivity contribution is -0.192. The molecule has 0 radical (unpaired) electrons. The minimum Gasteiger partial charge on any atom is -0.475 e. The second-order valence-electron chi connectivity index (χ2n) is 7.63. The Kier molecular flexibility index (Phi) is 7.50. The number of carbonyl (C=O) groups is 2. The van der Waals surface area contributed by atoms with Crippen LogP contribution in [-0.2, 0) is 14.3 Å². The molecule has 3 saturated heterocycles. The highest BCUT2D eigenvalue weighted by atomic mass is 19.4. The van der Waals surface area contributed by atoms with E-state index in [4.69, 9.17) is 19.4 Å². The van der Waals surface area contributed by atoms with Gasteiger partial charge in [0.15, 0.2) is 0 Å². The maximum absolute atomic E-state index is 13.1. The maximum atomic E-state index is 13.1. The van der Waals surface area contributed by atoms with Gasteiger partial charge in [0.25, 0.3) is 5.91 Å². The van der Waals surface area contributed by atoms with Gasteiger partial charge in [-0.3, -0.25) is 9.69 Å². The average molecular weight is 448 g/mol. The van der Waals surface area contributed by atoms with Crippen molar-refractivity contribution in [3.63, 3.8) is 0 Å². The number of likely N-dealkylation sites (tertiary alicyclic amines) is 1. The van der Waals surface area contributed by atoms with Crippen molar-refractivity contribution in [2.75, 3.05) is 39.4 Å². The SMILES string of the molecule is O=C(O)C(F)(F)F.O=C(c1ccc(F)cc1)N1C[C@@H]2OCCN(CC3CCCO3)[C@@H]2C1. The van der Waals surface area contributed by atoms with Gasteiger partial charge < -0.3 is 19.5 Å². The molecule has 1 N–H and O–H groups in total. The molecule has 1 aromatic rings. The van der Waals surface area contributed by atoms with Crippen LogP contribution in [0.25, 0.3) is 0 Å². The van der Waals surface area contributed by atoms with Gasteiger partial charge in [0.05, 0.1) is 24.9 Å². The third kappa shape index (κ3) is 6.14. The van der Waals surface area contributed by atoms with E-state index in [1.807, 2.05) is 4.90 Å². The number of carbonyl (C=O) groups excluding carboxylic acids is 1. The molecule has 1 unspecified atom stereocenters. The van der Waals surface area contributed by atoms with Crippen molar-refractivity contribution in [1.82, 2.24) is 9.80 Å². The zero-order valence-electron chi connectivity index (χ0n) is 16.7. The molecule has 3 fully saturated rings. The number of carboxylic acid groups (broad SMARTS) is 1. The number of hydrogen-bond donors (Lipinski definition) is 1. The number of benzene rings is 1. The Morgan fingerprint density at radius 1 is 1.10 bits per heavy atom. The normalized spacial score (nSPS) is 26.2. The topological polar surface area (TPSA) is 79.3 Å². The van der Waals surface area contributed by atoms with Crippen LogP contribution in [0.5, 0.6) is 0 Å². The number of alkyl halides is 3. The molecule has 3 atom stereocenters. The number of rotatable bonds is 3. The highest BCUT2D eigenvalue weighted by molar-refractivity contribution is 5.94. The summed E-state index contributed by atoms with van der Waals surface area (Å²) in [4.78, 5) is 25.8. The zero-order chi connectivity index (χ0) is 22.6. The summed E-state index contributed by atoms with van der Waals surface area (Å²) in [5.41, 5.74) is 0.528. The largest absolute Gasteiger partial charge is 0.490 e. The number of morpholine rings is 1. The van der Waals surface area contributed by atoms with E-state index in [0.717, 1.165) is 32.5 Å². The van der Waals surface area contributed by atoms with Crippen molar-refractivity contribution in [3.8, 4) is 0 Å². The first-order valence-electron chi connectivity index (χ1n) is 9.97. The Labute approximate surface area is 176 Å². The Morgan fingerprint density at radius 2 is 1.77 bits per heavy atom. The highest BCUT2D eigenvalue weighted by Crippen LogP contribution is 2.26. The fraction of sp³-hybridized carbons (Fsp3) is 0.600. The van der Waals surface area contributed by atoms with E-state index >= 15 is 0 Å². The van der Waals surface area contributed by atoms with Gasteiger partial charge in [-0.2, -0.15) is 13.2 Å². The molecule has 1 amide bonds. The lowest BCUT2D eigenvalue weighted by Gasteiger charge is -2.37. The van der Waals surface area contributed by atoms with E-state index in [-0.39, 0.29) is 23.9 Å². The minimum absolute atomic E-state index is 0.0509. The summed E-state index contributed by atoms with van der Waals surface area (Å²) >= 11 is 0. The third-order valence-corrected chi connectivity index (χ3v) is 5.50. The van der Waals surface area contributed by atoms with Crippen LogP contribution in [0.15, 0.2) is 24.3 Å².